The second-order valence-electron chi connectivity index (χ2n) is 18.8. The van der Waals surface area contributed by atoms with Gasteiger partial charge in [0, 0.05) is 6.42 Å². The first kappa shape index (κ1) is 36.5. The van der Waals surface area contributed by atoms with Gasteiger partial charge in [-0.2, -0.15) is 0 Å². The van der Waals surface area contributed by atoms with Gasteiger partial charge in [0.2, 0.25) is 0 Å². The SMILES string of the molecule is C[C@@H]1C[C@H](O)O[C@@H]2C[C@@]3(C)[C@@H]4[C@H](O[C@H]5O[C@@H](CO)[C@H](O)[C@@H](O)[C@@H]5O)C[C@@H]5C(C)(C)[C@H](O[C@@H]6OC[C@@H](O)[C@H](O)[C@H]6O)CC[C@@]56C[C@@]46CC[C@]3(C)[C@@H]12. The van der Waals surface area contributed by atoms with Crippen molar-refractivity contribution in [2.24, 2.45) is 50.7 Å². The van der Waals surface area contributed by atoms with Gasteiger partial charge < -0.3 is 64.5 Å². The van der Waals surface area contributed by atoms with Crippen LogP contribution in [0.2, 0.25) is 0 Å². The summed E-state index contributed by atoms with van der Waals surface area (Å²) in [5.41, 5.74) is -0.859. The Balaban J connectivity index is 1.16. The molecule has 3 heterocycles. The molecule has 8 aliphatic rings. The average molecular weight is 713 g/mol. The molecule has 3 aliphatic heterocycles. The Hall–Kier alpha value is -0.520. The third kappa shape index (κ3) is 4.78. The lowest BCUT2D eigenvalue weighted by molar-refractivity contribution is -0.335. The third-order valence-electron chi connectivity index (χ3n) is 16.5. The van der Waals surface area contributed by atoms with Crippen molar-refractivity contribution < 1.29 is 64.5 Å². The highest BCUT2D eigenvalue weighted by Gasteiger charge is 2.85. The zero-order valence-corrected chi connectivity index (χ0v) is 30.0. The molecule has 286 valence electrons. The Bertz CT molecular complexity index is 1300. The first-order valence-corrected chi connectivity index (χ1v) is 19.1. The molecule has 13 heteroatoms. The summed E-state index contributed by atoms with van der Waals surface area (Å²) in [5.74, 6) is 0.696. The van der Waals surface area contributed by atoms with Gasteiger partial charge in [-0.1, -0.05) is 34.6 Å². The molecule has 50 heavy (non-hydrogen) atoms. The van der Waals surface area contributed by atoms with E-state index >= 15 is 0 Å². The van der Waals surface area contributed by atoms with Gasteiger partial charge in [-0.15, -0.1) is 0 Å². The minimum absolute atomic E-state index is 0.00209. The Morgan fingerprint density at radius 2 is 1.46 bits per heavy atom. The molecule has 2 spiro atoms. The Morgan fingerprint density at radius 1 is 0.740 bits per heavy atom. The van der Waals surface area contributed by atoms with Crippen molar-refractivity contribution in [3.05, 3.63) is 0 Å². The maximum Gasteiger partial charge on any atom is 0.186 e. The van der Waals surface area contributed by atoms with E-state index < -0.39 is 79.7 Å². The van der Waals surface area contributed by atoms with E-state index in [4.69, 9.17) is 23.7 Å². The number of ether oxygens (including phenoxy) is 5. The molecule has 0 aromatic rings. The third-order valence-corrected chi connectivity index (χ3v) is 16.5. The monoisotopic (exact) mass is 712 g/mol. The molecule has 0 aromatic carbocycles. The van der Waals surface area contributed by atoms with Gasteiger partial charge in [0.1, 0.15) is 42.7 Å². The minimum Gasteiger partial charge on any atom is -0.394 e. The van der Waals surface area contributed by atoms with E-state index in [0.29, 0.717) is 12.8 Å². The smallest absolute Gasteiger partial charge is 0.186 e. The van der Waals surface area contributed by atoms with E-state index in [1.807, 2.05) is 0 Å². The fourth-order valence-electron chi connectivity index (χ4n) is 14.0. The van der Waals surface area contributed by atoms with Gasteiger partial charge >= 0.3 is 0 Å². The summed E-state index contributed by atoms with van der Waals surface area (Å²) in [4.78, 5) is 0. The van der Waals surface area contributed by atoms with E-state index in [1.54, 1.807) is 0 Å². The summed E-state index contributed by atoms with van der Waals surface area (Å²) in [5, 5.41) is 84.3. The molecular weight excluding hydrogens is 652 g/mol. The second-order valence-corrected chi connectivity index (χ2v) is 18.8. The molecular formula is C37H60O13. The normalized spacial score (nSPS) is 61.3. The predicted octanol–water partition coefficient (Wildman–Crippen LogP) is 0.398. The molecule has 5 aliphatic carbocycles. The summed E-state index contributed by atoms with van der Waals surface area (Å²) in [6.07, 6.45) is -6.88. The van der Waals surface area contributed by atoms with Crippen LogP contribution in [-0.4, -0.2) is 134 Å². The molecule has 0 bridgehead atoms. The van der Waals surface area contributed by atoms with Crippen molar-refractivity contribution in [1.82, 2.24) is 0 Å². The van der Waals surface area contributed by atoms with Crippen LogP contribution in [-0.2, 0) is 23.7 Å². The van der Waals surface area contributed by atoms with E-state index in [9.17, 15) is 40.9 Å². The lowest BCUT2D eigenvalue weighted by Gasteiger charge is -2.65. The molecule has 0 aromatic heterocycles. The largest absolute Gasteiger partial charge is 0.394 e. The van der Waals surface area contributed by atoms with Crippen LogP contribution in [0.25, 0.3) is 0 Å². The van der Waals surface area contributed by atoms with E-state index in [2.05, 4.69) is 34.6 Å². The highest BCUT2D eigenvalue weighted by molar-refractivity contribution is 5.33. The molecule has 3 saturated heterocycles. The number of aliphatic hydroxyl groups excluding tert-OH is 8. The van der Waals surface area contributed by atoms with Crippen molar-refractivity contribution in [3.63, 3.8) is 0 Å². The fourth-order valence-corrected chi connectivity index (χ4v) is 14.0. The van der Waals surface area contributed by atoms with Crippen LogP contribution in [0.4, 0.5) is 0 Å². The number of hydrogen-bond donors (Lipinski definition) is 8. The van der Waals surface area contributed by atoms with Crippen LogP contribution >= 0.6 is 0 Å². The maximum absolute atomic E-state index is 11.2. The summed E-state index contributed by atoms with van der Waals surface area (Å²) in [6.45, 7) is 10.7. The van der Waals surface area contributed by atoms with Crippen molar-refractivity contribution in [1.29, 1.82) is 0 Å². The topological polar surface area (TPSA) is 208 Å². The molecule has 0 amide bonds. The van der Waals surface area contributed by atoms with Crippen molar-refractivity contribution in [3.8, 4) is 0 Å². The van der Waals surface area contributed by atoms with E-state index in [1.165, 1.54) is 0 Å². The second kappa shape index (κ2) is 12.0. The number of hydrogen-bond acceptors (Lipinski definition) is 13. The standard InChI is InChI=1S/C37H60O13/c1-16-10-23(40)47-19-12-35(5)30-18(48-32-29(45)27(43)26(42)20(13-38)49-32)11-21-33(2,3)22(50-31-28(44)25(41)17(39)14-46-31)6-7-36(21)15-37(30,36)9-8-34(35,4)24(16)19/h16-32,38-45H,6-15H2,1-5H3/t16-,17-,18-,19-,20+,21-,22-,23-,24+,25+,26+,27-,28-,29+,30+,31+,32+,34-,35+,36-,37+/m1/s1. The van der Waals surface area contributed by atoms with Gasteiger partial charge in [0.05, 0.1) is 31.5 Å². The van der Waals surface area contributed by atoms with E-state index in [0.717, 1.165) is 38.5 Å². The Labute approximate surface area is 294 Å². The summed E-state index contributed by atoms with van der Waals surface area (Å²) < 4.78 is 31.4. The number of aliphatic hydroxyl groups is 8. The average Bonchev–Trinajstić information content (AvgIpc) is 3.64. The van der Waals surface area contributed by atoms with Crippen LogP contribution in [0.3, 0.4) is 0 Å². The molecule has 8 N–H and O–H groups in total. The zero-order valence-electron chi connectivity index (χ0n) is 30.0. The summed E-state index contributed by atoms with van der Waals surface area (Å²) >= 11 is 0. The van der Waals surface area contributed by atoms with Crippen molar-refractivity contribution in [2.75, 3.05) is 13.2 Å². The zero-order chi connectivity index (χ0) is 35.9. The number of fused-ring (bicyclic) bond motifs is 4. The lowest BCUT2D eigenvalue weighted by Crippen LogP contribution is -2.65. The molecule has 0 unspecified atom stereocenters. The first-order valence-electron chi connectivity index (χ1n) is 19.1. The maximum atomic E-state index is 11.2. The van der Waals surface area contributed by atoms with Gasteiger partial charge in [-0.25, -0.2) is 0 Å². The molecule has 21 atom stereocenters. The number of rotatable bonds is 5. The molecule has 8 rings (SSSR count). The minimum atomic E-state index is -1.56. The van der Waals surface area contributed by atoms with Crippen LogP contribution < -0.4 is 0 Å². The summed E-state index contributed by atoms with van der Waals surface area (Å²) in [7, 11) is 0. The highest BCUT2D eigenvalue weighted by atomic mass is 16.7. The van der Waals surface area contributed by atoms with Crippen LogP contribution in [0.15, 0.2) is 0 Å². The fraction of sp³-hybridized carbons (Fsp3) is 1.00. The Morgan fingerprint density at radius 3 is 2.18 bits per heavy atom. The summed E-state index contributed by atoms with van der Waals surface area (Å²) in [6, 6.07) is 0. The van der Waals surface area contributed by atoms with Gasteiger partial charge in [-0.05, 0) is 95.7 Å². The highest BCUT2D eigenvalue weighted by Crippen LogP contribution is 2.89. The van der Waals surface area contributed by atoms with Crippen LogP contribution in [0, 0.1) is 50.7 Å². The van der Waals surface area contributed by atoms with E-state index in [-0.39, 0.29) is 64.1 Å². The van der Waals surface area contributed by atoms with Crippen LogP contribution in [0.5, 0.6) is 0 Å². The molecule has 13 nitrogen and oxygen atoms in total. The van der Waals surface area contributed by atoms with Gasteiger partial charge in [0.15, 0.2) is 18.9 Å². The molecule has 0 radical (unpaired) electrons. The Kier molecular flexibility index (Phi) is 8.74. The van der Waals surface area contributed by atoms with Crippen LogP contribution in [0.1, 0.15) is 86.0 Å². The molecule has 5 saturated carbocycles. The van der Waals surface area contributed by atoms with Gasteiger partial charge in [-0.3, -0.25) is 0 Å². The van der Waals surface area contributed by atoms with Gasteiger partial charge in [0.25, 0.3) is 0 Å². The molecule has 8 fully saturated rings. The lowest BCUT2D eigenvalue weighted by atomic mass is 9.41. The quantitative estimate of drug-likeness (QED) is 0.182. The van der Waals surface area contributed by atoms with Crippen molar-refractivity contribution >= 4 is 0 Å². The first-order chi connectivity index (χ1) is 23.5. The predicted molar refractivity (Wildman–Crippen MR) is 174 cm³/mol. The van der Waals surface area contributed by atoms with Crippen molar-refractivity contribution in [2.45, 2.75) is 166 Å².